The van der Waals surface area contributed by atoms with Crippen LogP contribution in [0.25, 0.3) is 22.5 Å². The first-order valence-electron chi connectivity index (χ1n) is 16.9. The van der Waals surface area contributed by atoms with Crippen LogP contribution in [0.2, 0.25) is 0 Å². The molecule has 2 aromatic carbocycles. The number of nitrogens with one attached hydrogen (secondary N) is 2. The molecular weight excluding hydrogens is 592 g/mol. The molecule has 2 N–H and O–H groups in total. The van der Waals surface area contributed by atoms with Gasteiger partial charge in [0.05, 0.1) is 30.1 Å². The van der Waals surface area contributed by atoms with Gasteiger partial charge in [-0.3, -0.25) is 14.4 Å². The summed E-state index contributed by atoms with van der Waals surface area (Å²) < 4.78 is 8.13. The standard InChI is InChI=1S/C37H52N6O4/c1-8-37(7,47-24-20-36(5,6)27(4)44)19-21-39-32(45)17-18-33(46)42-25-28-13-9-10-14-29(28)35-34(30-15-11-12-16-31(30)42)40-41-43(35)23-22-38-26(2)3/h9-16,26,38H,8,17-25H2,1-7H3,(H,39,45). The first-order chi connectivity index (χ1) is 22.3. The molecule has 4 rings (SSSR count). The quantitative estimate of drug-likeness (QED) is 0.198. The van der Waals surface area contributed by atoms with Gasteiger partial charge >= 0.3 is 0 Å². The van der Waals surface area contributed by atoms with Gasteiger partial charge in [-0.15, -0.1) is 5.10 Å². The predicted octanol–water partition coefficient (Wildman–Crippen LogP) is 5.93. The molecule has 1 unspecified atom stereocenters. The summed E-state index contributed by atoms with van der Waals surface area (Å²) in [4.78, 5) is 40.4. The second-order valence-corrected chi connectivity index (χ2v) is 13.7. The van der Waals surface area contributed by atoms with E-state index in [1.807, 2.05) is 67.9 Å². The summed E-state index contributed by atoms with van der Waals surface area (Å²) in [5.74, 6) is -0.156. The van der Waals surface area contributed by atoms with Gasteiger partial charge in [0.2, 0.25) is 11.8 Å². The fraction of sp³-hybridized carbons (Fsp3) is 0.541. The molecule has 0 radical (unpaired) electrons. The van der Waals surface area contributed by atoms with Crippen molar-refractivity contribution in [2.45, 2.75) is 105 Å². The Bertz CT molecular complexity index is 1550. The molecule has 0 fully saturated rings. The average Bonchev–Trinajstić information content (AvgIpc) is 3.44. The number of ether oxygens (including phenoxy) is 1. The van der Waals surface area contributed by atoms with Crippen LogP contribution in [0.4, 0.5) is 5.69 Å². The maximum atomic E-state index is 13.8. The van der Waals surface area contributed by atoms with Crippen molar-refractivity contribution in [2.75, 3.05) is 24.6 Å². The van der Waals surface area contributed by atoms with Crippen molar-refractivity contribution >= 4 is 23.3 Å². The molecule has 10 nitrogen and oxygen atoms in total. The van der Waals surface area contributed by atoms with Crippen molar-refractivity contribution in [1.29, 1.82) is 0 Å². The summed E-state index contributed by atoms with van der Waals surface area (Å²) in [6.07, 6.45) is 2.22. The Hall–Kier alpha value is -3.89. The number of carbonyl (C=O) groups is 3. The second-order valence-electron chi connectivity index (χ2n) is 13.7. The Balaban J connectivity index is 1.43. The highest BCUT2D eigenvalue weighted by Crippen LogP contribution is 2.41. The van der Waals surface area contributed by atoms with Crippen LogP contribution < -0.4 is 15.5 Å². The second kappa shape index (κ2) is 15.8. The minimum atomic E-state index is -0.420. The molecule has 254 valence electrons. The van der Waals surface area contributed by atoms with E-state index >= 15 is 0 Å². The van der Waals surface area contributed by atoms with Gasteiger partial charge in [-0.2, -0.15) is 0 Å². The normalized spacial score (nSPS) is 14.0. The molecule has 1 aliphatic rings. The number of hydrogen-bond acceptors (Lipinski definition) is 7. The SMILES string of the molecule is CCC(C)(CCNC(=O)CCC(=O)N1Cc2ccccc2-c2c(nnn2CCNC(C)C)-c2ccccc21)OCCC(C)(C)C(C)=O. The summed E-state index contributed by atoms with van der Waals surface area (Å²) in [7, 11) is 0. The highest BCUT2D eigenvalue weighted by Gasteiger charge is 2.30. The fourth-order valence-electron chi connectivity index (χ4n) is 5.64. The predicted molar refractivity (Wildman–Crippen MR) is 186 cm³/mol. The Labute approximate surface area is 279 Å². The van der Waals surface area contributed by atoms with Crippen molar-refractivity contribution in [3.05, 3.63) is 54.1 Å². The highest BCUT2D eigenvalue weighted by atomic mass is 16.5. The van der Waals surface area contributed by atoms with E-state index in [4.69, 9.17) is 4.74 Å². The number of fused-ring (bicyclic) bond motifs is 5. The van der Waals surface area contributed by atoms with Crippen molar-refractivity contribution in [2.24, 2.45) is 5.41 Å². The highest BCUT2D eigenvalue weighted by molar-refractivity contribution is 6.01. The number of para-hydroxylation sites is 1. The third kappa shape index (κ3) is 9.14. The number of amides is 2. The maximum absolute atomic E-state index is 13.8. The van der Waals surface area contributed by atoms with Crippen molar-refractivity contribution in [3.8, 4) is 22.5 Å². The maximum Gasteiger partial charge on any atom is 0.227 e. The van der Waals surface area contributed by atoms with Crippen LogP contribution >= 0.6 is 0 Å². The number of Topliss-reactive ketones (excluding diaryl/α,β-unsaturated/α-hetero) is 1. The van der Waals surface area contributed by atoms with Crippen LogP contribution in [0.3, 0.4) is 0 Å². The number of rotatable bonds is 16. The molecule has 1 aromatic heterocycles. The number of anilines is 1. The molecule has 1 aliphatic heterocycles. The van der Waals surface area contributed by atoms with E-state index in [-0.39, 0.29) is 30.4 Å². The fourth-order valence-corrected chi connectivity index (χ4v) is 5.64. The Kier molecular flexibility index (Phi) is 12.1. The Morgan fingerprint density at radius 2 is 1.66 bits per heavy atom. The first-order valence-corrected chi connectivity index (χ1v) is 16.9. The van der Waals surface area contributed by atoms with Crippen molar-refractivity contribution < 1.29 is 19.1 Å². The van der Waals surface area contributed by atoms with E-state index in [0.717, 1.165) is 46.7 Å². The van der Waals surface area contributed by atoms with Gasteiger partial charge in [0.25, 0.3) is 0 Å². The van der Waals surface area contributed by atoms with E-state index < -0.39 is 11.0 Å². The molecule has 1 atom stereocenters. The van der Waals surface area contributed by atoms with E-state index in [0.29, 0.717) is 45.1 Å². The van der Waals surface area contributed by atoms with E-state index in [2.05, 4.69) is 47.8 Å². The summed E-state index contributed by atoms with van der Waals surface area (Å²) in [6.45, 7) is 16.5. The van der Waals surface area contributed by atoms with E-state index in [1.165, 1.54) is 0 Å². The number of benzene rings is 2. The summed E-state index contributed by atoms with van der Waals surface area (Å²) >= 11 is 0. The van der Waals surface area contributed by atoms with E-state index in [1.54, 1.807) is 11.8 Å². The zero-order valence-corrected chi connectivity index (χ0v) is 29.2. The van der Waals surface area contributed by atoms with Crippen LogP contribution in [0.5, 0.6) is 0 Å². The van der Waals surface area contributed by atoms with Gasteiger partial charge in [0, 0.05) is 55.1 Å². The molecular formula is C37H52N6O4. The monoisotopic (exact) mass is 644 g/mol. The summed E-state index contributed by atoms with van der Waals surface area (Å²) in [6, 6.07) is 16.2. The largest absolute Gasteiger partial charge is 0.375 e. The molecule has 3 aromatic rings. The molecule has 0 bridgehead atoms. The molecule has 2 heterocycles. The molecule has 47 heavy (non-hydrogen) atoms. The lowest BCUT2D eigenvalue weighted by molar-refractivity contribution is -0.127. The topological polar surface area (TPSA) is 118 Å². The smallest absolute Gasteiger partial charge is 0.227 e. The summed E-state index contributed by atoms with van der Waals surface area (Å²) in [5, 5.41) is 15.6. The van der Waals surface area contributed by atoms with Crippen molar-refractivity contribution in [3.63, 3.8) is 0 Å². The van der Waals surface area contributed by atoms with Gasteiger partial charge in [0.15, 0.2) is 0 Å². The number of ketones is 1. The van der Waals surface area contributed by atoms with E-state index in [9.17, 15) is 14.4 Å². The lowest BCUT2D eigenvalue weighted by Crippen LogP contribution is -2.37. The van der Waals surface area contributed by atoms with Crippen molar-refractivity contribution in [1.82, 2.24) is 25.6 Å². The van der Waals surface area contributed by atoms with Crippen LogP contribution in [0.1, 0.15) is 86.1 Å². The number of hydrogen-bond donors (Lipinski definition) is 2. The van der Waals surface area contributed by atoms with Crippen LogP contribution in [0.15, 0.2) is 48.5 Å². The molecule has 0 aliphatic carbocycles. The minimum Gasteiger partial charge on any atom is -0.375 e. The van der Waals surface area contributed by atoms with Gasteiger partial charge in [0.1, 0.15) is 11.5 Å². The number of aromatic nitrogens is 3. The zero-order chi connectivity index (χ0) is 34.2. The Morgan fingerprint density at radius 3 is 2.36 bits per heavy atom. The molecule has 0 saturated heterocycles. The van der Waals surface area contributed by atoms with Gasteiger partial charge < -0.3 is 20.3 Å². The molecule has 2 amide bonds. The van der Waals surface area contributed by atoms with Crippen LogP contribution in [-0.2, 0) is 32.2 Å². The van der Waals surface area contributed by atoms with Gasteiger partial charge in [-0.25, -0.2) is 4.68 Å². The first kappa shape index (κ1) is 36.0. The third-order valence-electron chi connectivity index (χ3n) is 9.38. The minimum absolute atomic E-state index is 0.0738. The molecule has 0 saturated carbocycles. The van der Waals surface area contributed by atoms with Crippen LogP contribution in [-0.4, -0.2) is 63.9 Å². The lowest BCUT2D eigenvalue weighted by Gasteiger charge is -2.31. The lowest BCUT2D eigenvalue weighted by atomic mass is 9.85. The summed E-state index contributed by atoms with van der Waals surface area (Å²) in [5.41, 5.74) is 4.42. The van der Waals surface area contributed by atoms with Gasteiger partial charge in [-0.1, -0.05) is 82.3 Å². The average molecular weight is 645 g/mol. The molecule has 0 spiro atoms. The molecule has 10 heteroatoms. The zero-order valence-electron chi connectivity index (χ0n) is 29.2. The number of nitrogens with zero attached hydrogens (tertiary/aromatic N) is 4. The number of carbonyl (C=O) groups excluding carboxylic acids is 3. The van der Waals surface area contributed by atoms with Gasteiger partial charge in [-0.05, 0) is 44.7 Å². The third-order valence-corrected chi connectivity index (χ3v) is 9.38. The van der Waals surface area contributed by atoms with Crippen LogP contribution in [0, 0.1) is 5.41 Å². The Morgan fingerprint density at radius 1 is 0.957 bits per heavy atom.